The van der Waals surface area contributed by atoms with E-state index in [0.29, 0.717) is 0 Å². The van der Waals surface area contributed by atoms with E-state index in [-0.39, 0.29) is 10.8 Å². The lowest BCUT2D eigenvalue weighted by molar-refractivity contribution is 0.660. The van der Waals surface area contributed by atoms with Crippen molar-refractivity contribution < 1.29 is 0 Å². The first-order chi connectivity index (χ1) is 65.0. The van der Waals surface area contributed by atoms with Gasteiger partial charge in [-0.2, -0.15) is 0 Å². The van der Waals surface area contributed by atoms with Crippen LogP contribution in [0.25, 0.3) is 89.0 Å². The molecule has 0 unspecified atom stereocenters. The van der Waals surface area contributed by atoms with E-state index in [1.54, 1.807) is 0 Å². The number of fused-ring (bicyclic) bond motifs is 24. The second kappa shape index (κ2) is 30.7. The first-order valence-electron chi connectivity index (χ1n) is 46.2. The molecule has 2 heterocycles. The van der Waals surface area contributed by atoms with E-state index in [9.17, 15) is 0 Å². The van der Waals surface area contributed by atoms with Crippen molar-refractivity contribution in [1.82, 2.24) is 0 Å². The number of anilines is 12. The molecule has 4 heteroatoms. The SMILES string of the molecule is CC1(C)c2ccccc2-c2ccc(N(c3cccc(-c4cccc(-c5ccccc5)c4)c3)c3cccc4c3-c3ccccc3C43c4ccccc4N(c4ccccc4)c4ccccc43)cc21.CC1(C)c2ccccc2-c2ccc(N(c3ccccc3-c3ccc(-c4ccccc4)cc3)c3cccc4c3-c3ccccc3C43c4ccccc4N(c4ccccc4)c4ccccc43)cc21. The highest BCUT2D eigenvalue weighted by atomic mass is 15.2. The fraction of sp³-hybridized carbons (Fsp3) is 0.0625. The van der Waals surface area contributed by atoms with Gasteiger partial charge in [0, 0.05) is 56.0 Å². The topological polar surface area (TPSA) is 13.0 Å². The van der Waals surface area contributed by atoms with Gasteiger partial charge < -0.3 is 19.6 Å². The molecule has 0 bridgehead atoms. The predicted molar refractivity (Wildman–Crippen MR) is 550 cm³/mol. The third-order valence-electron chi connectivity index (χ3n) is 29.3. The van der Waals surface area contributed by atoms with Gasteiger partial charge in [-0.15, -0.1) is 0 Å². The van der Waals surface area contributed by atoms with E-state index in [0.717, 1.165) is 45.5 Å². The van der Waals surface area contributed by atoms with E-state index in [2.05, 4.69) is 533 Å². The second-order valence-corrected chi connectivity index (χ2v) is 36.8. The van der Waals surface area contributed by atoms with Crippen molar-refractivity contribution in [2.24, 2.45) is 0 Å². The quantitative estimate of drug-likeness (QED) is 0.121. The van der Waals surface area contributed by atoms with Gasteiger partial charge in [0.1, 0.15) is 0 Å². The monoisotopic (exact) mass is 1680 g/mol. The molecule has 0 saturated carbocycles. The van der Waals surface area contributed by atoms with Gasteiger partial charge in [0.15, 0.2) is 0 Å². The van der Waals surface area contributed by atoms with Crippen molar-refractivity contribution in [2.75, 3.05) is 19.6 Å². The van der Waals surface area contributed by atoms with Crippen LogP contribution in [-0.2, 0) is 21.7 Å². The first-order valence-corrected chi connectivity index (χ1v) is 46.2. The van der Waals surface area contributed by atoms with Crippen molar-refractivity contribution in [2.45, 2.75) is 49.4 Å². The number of nitrogens with zero attached hydrogens (tertiary/aromatic N) is 4. The number of hydrogen-bond donors (Lipinski definition) is 0. The maximum absolute atomic E-state index is 2.56. The van der Waals surface area contributed by atoms with Crippen LogP contribution in [0.1, 0.15) is 94.5 Å². The molecule has 4 aliphatic carbocycles. The molecular weight excluding hydrogens is 1590 g/mol. The van der Waals surface area contributed by atoms with E-state index in [1.165, 1.54) is 179 Å². The van der Waals surface area contributed by atoms with Crippen LogP contribution in [0, 0.1) is 0 Å². The molecule has 26 rings (SSSR count). The van der Waals surface area contributed by atoms with Crippen molar-refractivity contribution in [1.29, 1.82) is 0 Å². The Morgan fingerprint density at radius 2 is 0.455 bits per heavy atom. The van der Waals surface area contributed by atoms with Gasteiger partial charge in [0.2, 0.25) is 0 Å². The number of rotatable bonds is 12. The van der Waals surface area contributed by atoms with Gasteiger partial charge in [-0.1, -0.05) is 404 Å². The highest BCUT2D eigenvalue weighted by Crippen LogP contribution is 2.69. The van der Waals surface area contributed by atoms with Crippen LogP contribution in [0.3, 0.4) is 0 Å². The first kappa shape index (κ1) is 77.9. The fourth-order valence-electron chi connectivity index (χ4n) is 23.6. The highest BCUT2D eigenvalue weighted by Gasteiger charge is 2.55. The largest absolute Gasteiger partial charge is 0.310 e. The van der Waals surface area contributed by atoms with Crippen molar-refractivity contribution in [3.63, 3.8) is 0 Å². The minimum Gasteiger partial charge on any atom is -0.310 e. The van der Waals surface area contributed by atoms with Crippen LogP contribution in [0.5, 0.6) is 0 Å². The van der Waals surface area contributed by atoms with Gasteiger partial charge >= 0.3 is 0 Å². The van der Waals surface area contributed by atoms with E-state index in [1.807, 2.05) is 0 Å². The maximum Gasteiger partial charge on any atom is 0.0755 e. The Balaban J connectivity index is 0.000000142. The molecule has 0 radical (unpaired) electrons. The lowest BCUT2D eigenvalue weighted by Gasteiger charge is -2.45. The average Bonchev–Trinajstić information content (AvgIpc) is 1.54. The summed E-state index contributed by atoms with van der Waals surface area (Å²) in [5.74, 6) is 0. The van der Waals surface area contributed by atoms with Crippen LogP contribution >= 0.6 is 0 Å². The van der Waals surface area contributed by atoms with Crippen LogP contribution in [0.15, 0.2) is 485 Å². The molecule has 0 aromatic heterocycles. The molecule has 0 atom stereocenters. The highest BCUT2D eigenvalue weighted by molar-refractivity contribution is 6.06. The standard InChI is InChI=1S/2C64H46N2/c1-63(2)52-27-12-9-25-49(52)50-41-40-47(42-57(50)63)66(58-32-16-11-24-48(58)45-38-36-44(37-39-45)43-20-5-3-6-21-43)61-35-19-31-56-62(61)51-26-10-13-28-53(51)64(56)54-29-14-17-33-59(54)65(46-22-7-4-8-23-46)60-34-18-15-30-55(60)64;1-63(2)53-30-11-9-28-50(53)51-39-38-49(42-58(51)63)65(48-27-18-24-46(41-48)45-23-17-22-44(40-45)43-20-5-3-6-21-43)61-37-19-34-57-62(61)52-29-10-12-31-54(52)64(57)55-32-13-15-35-59(55)66(47-25-7-4-8-26-47)60-36-16-14-33-56(60)64/h2*3-42H,1-2H3. The third-order valence-corrected chi connectivity index (χ3v) is 29.3. The summed E-state index contributed by atoms with van der Waals surface area (Å²) >= 11 is 0. The summed E-state index contributed by atoms with van der Waals surface area (Å²) in [6, 6.07) is 180. The Hall–Kier alpha value is -16.4. The summed E-state index contributed by atoms with van der Waals surface area (Å²) in [7, 11) is 0. The van der Waals surface area contributed by atoms with Crippen LogP contribution in [0.2, 0.25) is 0 Å². The van der Waals surface area contributed by atoms with Gasteiger partial charge in [0.05, 0.1) is 50.6 Å². The molecule has 20 aromatic rings. The molecule has 20 aromatic carbocycles. The molecule has 0 amide bonds. The zero-order valence-corrected chi connectivity index (χ0v) is 74.0. The normalized spacial score (nSPS) is 14.1. The fourth-order valence-corrected chi connectivity index (χ4v) is 23.6. The van der Waals surface area contributed by atoms with E-state index < -0.39 is 10.8 Å². The molecule has 6 aliphatic rings. The minimum absolute atomic E-state index is 0.164. The molecular formula is C128H92N4. The predicted octanol–water partition coefficient (Wildman–Crippen LogP) is 33.9. The molecule has 2 spiro atoms. The Bertz CT molecular complexity index is 7890. The van der Waals surface area contributed by atoms with Gasteiger partial charge in [-0.05, 0) is 248 Å². The van der Waals surface area contributed by atoms with E-state index >= 15 is 0 Å². The molecule has 2 aliphatic heterocycles. The van der Waals surface area contributed by atoms with Gasteiger partial charge in [0.25, 0.3) is 0 Å². The van der Waals surface area contributed by atoms with Crippen LogP contribution < -0.4 is 19.6 Å². The lowest BCUT2D eigenvalue weighted by Crippen LogP contribution is -2.36. The summed E-state index contributed by atoms with van der Waals surface area (Å²) in [5, 5.41) is 0. The van der Waals surface area contributed by atoms with Crippen molar-refractivity contribution in [3.8, 4) is 89.0 Å². The van der Waals surface area contributed by atoms with Crippen molar-refractivity contribution in [3.05, 3.63) is 552 Å². The molecule has 0 N–H and O–H groups in total. The summed E-state index contributed by atoms with van der Waals surface area (Å²) in [6.45, 7) is 9.52. The second-order valence-electron chi connectivity index (χ2n) is 36.8. The molecule has 624 valence electrons. The minimum atomic E-state index is -0.583. The molecule has 132 heavy (non-hydrogen) atoms. The lowest BCUT2D eigenvalue weighted by atomic mass is 9.64. The van der Waals surface area contributed by atoms with Gasteiger partial charge in [-0.3, -0.25) is 0 Å². The van der Waals surface area contributed by atoms with Crippen LogP contribution in [-0.4, -0.2) is 0 Å². The maximum atomic E-state index is 2.56. The average molecular weight is 1690 g/mol. The van der Waals surface area contributed by atoms with Crippen LogP contribution in [0.4, 0.5) is 68.2 Å². The van der Waals surface area contributed by atoms with Gasteiger partial charge in [-0.25, -0.2) is 0 Å². The Labute approximate surface area is 772 Å². The summed E-state index contributed by atoms with van der Waals surface area (Å²) in [5.41, 5.74) is 47.9. The van der Waals surface area contributed by atoms with Crippen molar-refractivity contribution >= 4 is 68.2 Å². The zero-order valence-electron chi connectivity index (χ0n) is 74.0. The molecule has 0 fully saturated rings. The third kappa shape index (κ3) is 11.7. The zero-order chi connectivity index (χ0) is 88.0. The summed E-state index contributed by atoms with van der Waals surface area (Å²) in [6.07, 6.45) is 0. The molecule has 0 saturated heterocycles. The molecule has 4 nitrogen and oxygen atoms in total. The Morgan fingerprint density at radius 3 is 0.917 bits per heavy atom. The Morgan fingerprint density at radius 1 is 0.167 bits per heavy atom. The van der Waals surface area contributed by atoms with E-state index in [4.69, 9.17) is 0 Å². The summed E-state index contributed by atoms with van der Waals surface area (Å²) < 4.78 is 0. The number of hydrogen-bond acceptors (Lipinski definition) is 4. The number of benzene rings is 20. The summed E-state index contributed by atoms with van der Waals surface area (Å²) in [4.78, 5) is 10.0. The number of para-hydroxylation sites is 7. The Kier molecular flexibility index (Phi) is 18.1. The smallest absolute Gasteiger partial charge is 0.0755 e.